The molecule has 4 nitrogen and oxygen atoms in total. The molecule has 2 rings (SSSR count). The van der Waals surface area contributed by atoms with E-state index in [0.29, 0.717) is 12.5 Å². The van der Waals surface area contributed by atoms with Crippen molar-refractivity contribution in [3.8, 4) is 5.75 Å². The standard InChI is InChI=1S/C14H19FN2O2/c15-12-5-1-2-6-13(12)19-10-11-4-3-7-17(8-11)9-14(16)18/h1-2,5-6,11H,3-4,7-10H2,(H2,16,18)/t11-/m1/s1. The maximum Gasteiger partial charge on any atom is 0.231 e. The molecule has 1 aromatic carbocycles. The summed E-state index contributed by atoms with van der Waals surface area (Å²) in [6, 6.07) is 6.39. The van der Waals surface area contributed by atoms with Gasteiger partial charge in [-0.25, -0.2) is 4.39 Å². The largest absolute Gasteiger partial charge is 0.490 e. The molecule has 1 fully saturated rings. The Bertz CT molecular complexity index is 439. The van der Waals surface area contributed by atoms with Crippen LogP contribution in [0.4, 0.5) is 4.39 Å². The number of benzene rings is 1. The minimum absolute atomic E-state index is 0.287. The predicted octanol–water partition coefficient (Wildman–Crippen LogP) is 1.40. The number of primary amides is 1. The fraction of sp³-hybridized carbons (Fsp3) is 0.500. The van der Waals surface area contributed by atoms with E-state index >= 15 is 0 Å². The predicted molar refractivity (Wildman–Crippen MR) is 70.3 cm³/mol. The van der Waals surface area contributed by atoms with Crippen molar-refractivity contribution in [3.05, 3.63) is 30.1 Å². The highest BCUT2D eigenvalue weighted by molar-refractivity contribution is 5.75. The number of carbonyl (C=O) groups excluding carboxylic acids is 1. The normalized spacial score (nSPS) is 20.2. The second-order valence-corrected chi connectivity index (χ2v) is 4.95. The van der Waals surface area contributed by atoms with Crippen LogP contribution in [0.25, 0.3) is 0 Å². The fourth-order valence-electron chi connectivity index (χ4n) is 2.42. The van der Waals surface area contributed by atoms with E-state index in [1.54, 1.807) is 18.2 Å². The van der Waals surface area contributed by atoms with Crippen molar-refractivity contribution >= 4 is 5.91 Å². The second kappa shape index (κ2) is 6.52. The number of halogens is 1. The monoisotopic (exact) mass is 266 g/mol. The van der Waals surface area contributed by atoms with Crippen LogP contribution in [0.15, 0.2) is 24.3 Å². The summed E-state index contributed by atoms with van der Waals surface area (Å²) in [5, 5.41) is 0. The smallest absolute Gasteiger partial charge is 0.231 e. The molecule has 1 aromatic rings. The van der Waals surface area contributed by atoms with Gasteiger partial charge in [0.05, 0.1) is 13.2 Å². The van der Waals surface area contributed by atoms with E-state index in [0.717, 1.165) is 25.9 Å². The lowest BCUT2D eigenvalue weighted by atomic mass is 9.99. The lowest BCUT2D eigenvalue weighted by Gasteiger charge is -2.31. The molecule has 0 aliphatic carbocycles. The Morgan fingerprint density at radius 1 is 1.47 bits per heavy atom. The Hall–Kier alpha value is -1.62. The van der Waals surface area contributed by atoms with Crippen LogP contribution in [0.3, 0.4) is 0 Å². The summed E-state index contributed by atoms with van der Waals surface area (Å²) in [7, 11) is 0. The summed E-state index contributed by atoms with van der Waals surface area (Å²) in [6.07, 6.45) is 2.04. The van der Waals surface area contributed by atoms with Gasteiger partial charge in [0.25, 0.3) is 0 Å². The summed E-state index contributed by atoms with van der Waals surface area (Å²) < 4.78 is 18.9. The topological polar surface area (TPSA) is 55.6 Å². The van der Waals surface area contributed by atoms with Crippen molar-refractivity contribution in [2.45, 2.75) is 12.8 Å². The van der Waals surface area contributed by atoms with Crippen LogP contribution in [0.1, 0.15) is 12.8 Å². The van der Waals surface area contributed by atoms with Crippen molar-refractivity contribution in [1.29, 1.82) is 0 Å². The summed E-state index contributed by atoms with van der Waals surface area (Å²) in [6.45, 7) is 2.42. The molecule has 0 bridgehead atoms. The number of piperidine rings is 1. The number of carbonyl (C=O) groups is 1. The molecule has 0 radical (unpaired) electrons. The summed E-state index contributed by atoms with van der Waals surface area (Å²) in [5.74, 6) is -0.0507. The first kappa shape index (κ1) is 13.8. The number of ether oxygens (including phenoxy) is 1. The number of nitrogens with two attached hydrogens (primary N) is 1. The molecule has 1 amide bonds. The van der Waals surface area contributed by atoms with Crippen molar-refractivity contribution in [2.75, 3.05) is 26.2 Å². The third kappa shape index (κ3) is 4.21. The van der Waals surface area contributed by atoms with Crippen molar-refractivity contribution in [1.82, 2.24) is 4.90 Å². The van der Waals surface area contributed by atoms with E-state index in [-0.39, 0.29) is 24.0 Å². The SMILES string of the molecule is NC(=O)CN1CCC[C@@H](COc2ccccc2F)C1. The molecular formula is C14H19FN2O2. The summed E-state index contributed by atoms with van der Waals surface area (Å²) in [4.78, 5) is 12.9. The number of amides is 1. The molecule has 2 N–H and O–H groups in total. The molecule has 19 heavy (non-hydrogen) atoms. The van der Waals surface area contributed by atoms with Gasteiger partial charge in [0, 0.05) is 12.5 Å². The lowest BCUT2D eigenvalue weighted by molar-refractivity contribution is -0.119. The maximum absolute atomic E-state index is 13.4. The molecule has 1 aliphatic heterocycles. The molecule has 0 unspecified atom stereocenters. The van der Waals surface area contributed by atoms with Gasteiger partial charge in [-0.15, -0.1) is 0 Å². The Balaban J connectivity index is 1.82. The first-order valence-corrected chi connectivity index (χ1v) is 6.53. The third-order valence-corrected chi connectivity index (χ3v) is 3.29. The van der Waals surface area contributed by atoms with Crippen molar-refractivity contribution in [3.63, 3.8) is 0 Å². The lowest BCUT2D eigenvalue weighted by Crippen LogP contribution is -2.42. The average molecular weight is 266 g/mol. The van der Waals surface area contributed by atoms with Crippen LogP contribution in [0.2, 0.25) is 0 Å². The van der Waals surface area contributed by atoms with E-state index in [1.807, 2.05) is 4.90 Å². The van der Waals surface area contributed by atoms with Crippen LogP contribution >= 0.6 is 0 Å². The fourth-order valence-corrected chi connectivity index (χ4v) is 2.42. The number of hydrogen-bond donors (Lipinski definition) is 1. The molecule has 1 aliphatic rings. The Kier molecular flexibility index (Phi) is 4.74. The summed E-state index contributed by atoms with van der Waals surface area (Å²) >= 11 is 0. The average Bonchev–Trinajstić information content (AvgIpc) is 2.37. The minimum Gasteiger partial charge on any atom is -0.490 e. The zero-order valence-electron chi connectivity index (χ0n) is 10.8. The van der Waals surface area contributed by atoms with Gasteiger partial charge in [-0.1, -0.05) is 12.1 Å². The Morgan fingerprint density at radius 2 is 2.26 bits per heavy atom. The highest BCUT2D eigenvalue weighted by Crippen LogP contribution is 2.20. The number of para-hydroxylation sites is 1. The van der Waals surface area contributed by atoms with Crippen molar-refractivity contribution < 1.29 is 13.9 Å². The van der Waals surface area contributed by atoms with Crippen LogP contribution in [0, 0.1) is 11.7 Å². The number of hydrogen-bond acceptors (Lipinski definition) is 3. The van der Waals surface area contributed by atoms with Crippen molar-refractivity contribution in [2.24, 2.45) is 11.7 Å². The molecular weight excluding hydrogens is 247 g/mol. The molecule has 1 saturated heterocycles. The van der Waals surface area contributed by atoms with E-state index in [1.165, 1.54) is 6.07 Å². The third-order valence-electron chi connectivity index (χ3n) is 3.29. The summed E-state index contributed by atoms with van der Waals surface area (Å²) in [5.41, 5.74) is 5.19. The molecule has 5 heteroatoms. The zero-order valence-corrected chi connectivity index (χ0v) is 10.8. The number of likely N-dealkylation sites (tertiary alicyclic amines) is 1. The van der Waals surface area contributed by atoms with Crippen LogP contribution in [0.5, 0.6) is 5.75 Å². The first-order chi connectivity index (χ1) is 9.15. The van der Waals surface area contributed by atoms with E-state index < -0.39 is 0 Å². The minimum atomic E-state index is -0.340. The van der Waals surface area contributed by atoms with Gasteiger partial charge in [0.15, 0.2) is 11.6 Å². The molecule has 0 aromatic heterocycles. The van der Waals surface area contributed by atoms with E-state index in [9.17, 15) is 9.18 Å². The molecule has 1 atom stereocenters. The van der Waals surface area contributed by atoms with Crippen LogP contribution in [-0.2, 0) is 4.79 Å². The Morgan fingerprint density at radius 3 is 3.00 bits per heavy atom. The first-order valence-electron chi connectivity index (χ1n) is 6.53. The van der Waals surface area contributed by atoms with Gasteiger partial charge in [0.2, 0.25) is 5.91 Å². The molecule has 104 valence electrons. The quantitative estimate of drug-likeness (QED) is 0.876. The van der Waals surface area contributed by atoms with Gasteiger partial charge in [-0.2, -0.15) is 0 Å². The second-order valence-electron chi connectivity index (χ2n) is 4.95. The van der Waals surface area contributed by atoms with E-state index in [2.05, 4.69) is 0 Å². The number of nitrogens with zero attached hydrogens (tertiary/aromatic N) is 1. The highest BCUT2D eigenvalue weighted by atomic mass is 19.1. The van der Waals surface area contributed by atoms with Gasteiger partial charge in [-0.3, -0.25) is 9.69 Å². The zero-order chi connectivity index (χ0) is 13.7. The number of rotatable bonds is 5. The van der Waals surface area contributed by atoms with Gasteiger partial charge < -0.3 is 10.5 Å². The van der Waals surface area contributed by atoms with Gasteiger partial charge in [-0.05, 0) is 31.5 Å². The van der Waals surface area contributed by atoms with Gasteiger partial charge in [0.1, 0.15) is 0 Å². The van der Waals surface area contributed by atoms with Crippen LogP contribution in [-0.4, -0.2) is 37.0 Å². The highest BCUT2D eigenvalue weighted by Gasteiger charge is 2.21. The molecule has 0 saturated carbocycles. The van der Waals surface area contributed by atoms with E-state index in [4.69, 9.17) is 10.5 Å². The molecule has 0 spiro atoms. The maximum atomic E-state index is 13.4. The van der Waals surface area contributed by atoms with Crippen LogP contribution < -0.4 is 10.5 Å². The molecule has 1 heterocycles. The van der Waals surface area contributed by atoms with Gasteiger partial charge >= 0.3 is 0 Å². The Labute approximate surface area is 112 Å².